The molecule has 4 amide bonds. The fourth-order valence-corrected chi connectivity index (χ4v) is 4.77. The standard InChI is InChI=1S/C28H27FN4O9/c1-14(34)41-22-16-10-19(42-17(16)8-9-30-22)28(24(36)33(26(38)31-28)13-40-25(37)27(2,3)4)12-32-11-15-6-7-18(39-5)21(29)20(15)23(32)35/h6-10H,11-13H2,1-5H3,(H,31,38)/t28-/m0/s1. The van der Waals surface area contributed by atoms with Crippen molar-refractivity contribution in [3.05, 3.63) is 53.2 Å². The van der Waals surface area contributed by atoms with Crippen LogP contribution in [-0.2, 0) is 31.2 Å². The van der Waals surface area contributed by atoms with E-state index in [9.17, 15) is 24.0 Å². The van der Waals surface area contributed by atoms with Crippen LogP contribution in [-0.4, -0.2) is 65.0 Å². The summed E-state index contributed by atoms with van der Waals surface area (Å²) in [4.78, 5) is 70.5. The van der Waals surface area contributed by atoms with E-state index in [1.165, 1.54) is 49.4 Å². The van der Waals surface area contributed by atoms with Crippen molar-refractivity contribution < 1.29 is 47.0 Å². The first-order valence-corrected chi connectivity index (χ1v) is 12.8. The number of fused-ring (bicyclic) bond motifs is 2. The lowest BCUT2D eigenvalue weighted by Gasteiger charge is -2.29. The number of furan rings is 1. The van der Waals surface area contributed by atoms with Gasteiger partial charge in [-0.2, -0.15) is 0 Å². The predicted molar refractivity (Wildman–Crippen MR) is 140 cm³/mol. The van der Waals surface area contributed by atoms with Crippen LogP contribution in [0, 0.1) is 11.2 Å². The molecule has 2 aliphatic heterocycles. The van der Waals surface area contributed by atoms with Crippen LogP contribution in [0.15, 0.2) is 34.9 Å². The normalized spacial score (nSPS) is 18.4. The molecule has 1 fully saturated rings. The molecule has 1 N–H and O–H groups in total. The fraction of sp³-hybridized carbons (Fsp3) is 0.357. The molecule has 1 aromatic carbocycles. The summed E-state index contributed by atoms with van der Waals surface area (Å²) in [5.41, 5.74) is -2.64. The molecule has 2 aromatic heterocycles. The van der Waals surface area contributed by atoms with Crippen LogP contribution < -0.4 is 14.8 Å². The van der Waals surface area contributed by atoms with E-state index >= 15 is 4.39 Å². The molecule has 220 valence electrons. The molecule has 1 atom stereocenters. The molecular formula is C28H27FN4O9. The van der Waals surface area contributed by atoms with Gasteiger partial charge < -0.3 is 28.8 Å². The third-order valence-corrected chi connectivity index (χ3v) is 6.89. The average Bonchev–Trinajstić information content (AvgIpc) is 3.56. The molecular weight excluding hydrogens is 555 g/mol. The van der Waals surface area contributed by atoms with Crippen LogP contribution in [0.4, 0.5) is 9.18 Å². The molecule has 14 heteroatoms. The summed E-state index contributed by atoms with van der Waals surface area (Å²) in [5, 5.41) is 2.81. The van der Waals surface area contributed by atoms with Crippen molar-refractivity contribution in [2.24, 2.45) is 5.41 Å². The van der Waals surface area contributed by atoms with Gasteiger partial charge in [0.1, 0.15) is 11.3 Å². The minimum absolute atomic E-state index is 0.0839. The highest BCUT2D eigenvalue weighted by Crippen LogP contribution is 2.39. The van der Waals surface area contributed by atoms with Gasteiger partial charge >= 0.3 is 18.0 Å². The molecule has 0 saturated carbocycles. The Kier molecular flexibility index (Phi) is 6.87. The molecule has 2 aliphatic rings. The first kappa shape index (κ1) is 28.5. The van der Waals surface area contributed by atoms with Crippen LogP contribution in [0.1, 0.15) is 49.4 Å². The Morgan fingerprint density at radius 2 is 1.93 bits per heavy atom. The number of rotatable bonds is 7. The van der Waals surface area contributed by atoms with E-state index in [-0.39, 0.29) is 40.5 Å². The van der Waals surface area contributed by atoms with Gasteiger partial charge in [0.05, 0.1) is 30.0 Å². The number of ether oxygens (including phenoxy) is 3. The summed E-state index contributed by atoms with van der Waals surface area (Å²) in [7, 11) is 1.27. The molecule has 0 unspecified atom stereocenters. The molecule has 0 radical (unpaired) electrons. The molecule has 0 bridgehead atoms. The highest BCUT2D eigenvalue weighted by molar-refractivity contribution is 6.08. The largest absolute Gasteiger partial charge is 0.494 e. The van der Waals surface area contributed by atoms with Gasteiger partial charge in [-0.15, -0.1) is 0 Å². The van der Waals surface area contributed by atoms with E-state index < -0.39 is 59.8 Å². The maximum absolute atomic E-state index is 15.1. The fourth-order valence-electron chi connectivity index (χ4n) is 4.77. The minimum atomic E-state index is -2.03. The number of carbonyl (C=O) groups excluding carboxylic acids is 5. The molecule has 0 spiro atoms. The summed E-state index contributed by atoms with van der Waals surface area (Å²) < 4.78 is 36.4. The van der Waals surface area contributed by atoms with Gasteiger partial charge in [0.2, 0.25) is 5.88 Å². The molecule has 0 aliphatic carbocycles. The maximum atomic E-state index is 15.1. The summed E-state index contributed by atoms with van der Waals surface area (Å²) in [5.74, 6) is -4.14. The number of pyridine rings is 1. The van der Waals surface area contributed by atoms with Crippen LogP contribution >= 0.6 is 0 Å². The first-order valence-electron chi connectivity index (χ1n) is 12.8. The third kappa shape index (κ3) is 4.67. The molecule has 4 heterocycles. The Labute approximate surface area is 238 Å². The number of amides is 4. The van der Waals surface area contributed by atoms with Gasteiger partial charge in [-0.3, -0.25) is 19.2 Å². The highest BCUT2D eigenvalue weighted by atomic mass is 19.1. The van der Waals surface area contributed by atoms with Gasteiger partial charge in [0.25, 0.3) is 11.8 Å². The Bertz CT molecular complexity index is 1660. The van der Waals surface area contributed by atoms with Crippen molar-refractivity contribution >= 4 is 40.8 Å². The van der Waals surface area contributed by atoms with Crippen molar-refractivity contribution in [1.82, 2.24) is 20.1 Å². The molecule has 3 aromatic rings. The van der Waals surface area contributed by atoms with E-state index in [0.717, 1.165) is 0 Å². The van der Waals surface area contributed by atoms with Crippen LogP contribution in [0.2, 0.25) is 0 Å². The molecule has 42 heavy (non-hydrogen) atoms. The van der Waals surface area contributed by atoms with Crippen LogP contribution in [0.5, 0.6) is 11.6 Å². The second-order valence-electron chi connectivity index (χ2n) is 10.9. The summed E-state index contributed by atoms with van der Waals surface area (Å²) >= 11 is 0. The number of halogens is 1. The summed E-state index contributed by atoms with van der Waals surface area (Å²) in [6.45, 7) is 4.75. The van der Waals surface area contributed by atoms with Crippen LogP contribution in [0.3, 0.4) is 0 Å². The monoisotopic (exact) mass is 582 g/mol. The number of urea groups is 1. The Morgan fingerprint density at radius 3 is 2.60 bits per heavy atom. The van der Waals surface area contributed by atoms with E-state index in [2.05, 4.69) is 10.3 Å². The summed E-state index contributed by atoms with van der Waals surface area (Å²) in [6, 6.07) is 4.82. The zero-order chi connectivity index (χ0) is 30.6. The average molecular weight is 583 g/mol. The number of hydrogen-bond acceptors (Lipinski definition) is 10. The zero-order valence-electron chi connectivity index (χ0n) is 23.4. The van der Waals surface area contributed by atoms with E-state index in [1.54, 1.807) is 20.8 Å². The number of carbonyl (C=O) groups is 5. The zero-order valence-corrected chi connectivity index (χ0v) is 23.4. The predicted octanol–water partition coefficient (Wildman–Crippen LogP) is 2.85. The van der Waals surface area contributed by atoms with Crippen molar-refractivity contribution in [3.8, 4) is 11.6 Å². The number of methoxy groups -OCH3 is 1. The molecule has 1 saturated heterocycles. The topological polar surface area (TPSA) is 158 Å². The lowest BCUT2D eigenvalue weighted by molar-refractivity contribution is -0.158. The van der Waals surface area contributed by atoms with Gasteiger partial charge in [-0.05, 0) is 38.5 Å². The van der Waals surface area contributed by atoms with Crippen molar-refractivity contribution in [3.63, 3.8) is 0 Å². The van der Waals surface area contributed by atoms with Gasteiger partial charge in [0, 0.05) is 25.7 Å². The van der Waals surface area contributed by atoms with Gasteiger partial charge in [-0.25, -0.2) is 19.1 Å². The van der Waals surface area contributed by atoms with E-state index in [0.29, 0.717) is 10.5 Å². The number of benzene rings is 1. The van der Waals surface area contributed by atoms with Crippen LogP contribution in [0.25, 0.3) is 11.0 Å². The van der Waals surface area contributed by atoms with Gasteiger partial charge in [-0.1, -0.05) is 6.07 Å². The lowest BCUT2D eigenvalue weighted by Crippen LogP contribution is -2.52. The lowest BCUT2D eigenvalue weighted by atomic mass is 9.95. The number of aromatic nitrogens is 1. The summed E-state index contributed by atoms with van der Waals surface area (Å²) in [6.07, 6.45) is 1.32. The van der Waals surface area contributed by atoms with Gasteiger partial charge in [0.15, 0.2) is 23.8 Å². The van der Waals surface area contributed by atoms with E-state index in [4.69, 9.17) is 18.6 Å². The number of nitrogens with one attached hydrogen (secondary N) is 1. The Hall–Kier alpha value is -5.01. The second-order valence-corrected chi connectivity index (χ2v) is 10.9. The number of nitrogens with zero attached hydrogens (tertiary/aromatic N) is 3. The van der Waals surface area contributed by atoms with E-state index in [1.807, 2.05) is 0 Å². The minimum Gasteiger partial charge on any atom is -0.494 e. The number of imide groups is 1. The van der Waals surface area contributed by atoms with Crippen molar-refractivity contribution in [2.45, 2.75) is 39.8 Å². The smallest absolute Gasteiger partial charge is 0.328 e. The maximum Gasteiger partial charge on any atom is 0.328 e. The third-order valence-electron chi connectivity index (χ3n) is 6.89. The number of hydrogen-bond donors (Lipinski definition) is 1. The SMILES string of the molecule is COc1ccc2c(c1F)C(=O)N(C[C@@]1(c3cc4c(OC(C)=O)nccc4o3)NC(=O)N(COC(=O)C(C)(C)C)C1=O)C2. The number of esters is 2. The highest BCUT2D eigenvalue weighted by Gasteiger charge is 2.57. The Morgan fingerprint density at radius 1 is 1.19 bits per heavy atom. The first-order chi connectivity index (χ1) is 19.8. The second kappa shape index (κ2) is 10.1. The van der Waals surface area contributed by atoms with Crippen molar-refractivity contribution in [2.75, 3.05) is 20.4 Å². The molecule has 5 rings (SSSR count). The quantitative estimate of drug-likeness (QED) is 0.324. The van der Waals surface area contributed by atoms with Crippen molar-refractivity contribution in [1.29, 1.82) is 0 Å². The molecule has 13 nitrogen and oxygen atoms in total. The Balaban J connectivity index is 1.57.